The summed E-state index contributed by atoms with van der Waals surface area (Å²) in [6.45, 7) is 1.94. The third-order valence-corrected chi connectivity index (χ3v) is 2.83. The molecule has 0 aliphatic rings. The molecule has 0 aliphatic heterocycles. The Bertz CT molecular complexity index is 554. The number of rotatable bonds is 5. The molecule has 1 atom stereocenters. The molecule has 0 saturated heterocycles. The number of ether oxygens (including phenoxy) is 2. The van der Waals surface area contributed by atoms with Gasteiger partial charge in [-0.2, -0.15) is 4.98 Å². The van der Waals surface area contributed by atoms with E-state index in [1.165, 1.54) is 0 Å². The van der Waals surface area contributed by atoms with Crippen molar-refractivity contribution in [2.24, 2.45) is 5.73 Å². The molecule has 6 nitrogen and oxygen atoms in total. The van der Waals surface area contributed by atoms with Crippen LogP contribution in [0.25, 0.3) is 0 Å². The average Bonchev–Trinajstić information content (AvgIpc) is 2.94. The van der Waals surface area contributed by atoms with Crippen LogP contribution in [0.5, 0.6) is 11.5 Å². The molecule has 1 aromatic heterocycles. The van der Waals surface area contributed by atoms with Gasteiger partial charge in [0.05, 0.1) is 20.3 Å². The zero-order chi connectivity index (χ0) is 13.8. The molecule has 2 rings (SSSR count). The van der Waals surface area contributed by atoms with E-state index in [0.717, 1.165) is 5.56 Å². The summed E-state index contributed by atoms with van der Waals surface area (Å²) in [6, 6.07) is 5.01. The van der Waals surface area contributed by atoms with E-state index in [-0.39, 0.29) is 0 Å². The monoisotopic (exact) mass is 263 g/mol. The number of aromatic nitrogens is 2. The first kappa shape index (κ1) is 13.4. The van der Waals surface area contributed by atoms with E-state index in [1.807, 2.05) is 19.1 Å². The van der Waals surface area contributed by atoms with Gasteiger partial charge >= 0.3 is 0 Å². The second kappa shape index (κ2) is 5.71. The number of nitrogens with two attached hydrogens (primary N) is 1. The Morgan fingerprint density at radius 3 is 2.58 bits per heavy atom. The lowest BCUT2D eigenvalue weighted by molar-refractivity contribution is 0.354. The number of nitrogens with zero attached hydrogens (tertiary/aromatic N) is 2. The largest absolute Gasteiger partial charge is 0.493 e. The second-order valence-electron chi connectivity index (χ2n) is 3.99. The molecular formula is C13H17N3O3. The predicted octanol–water partition coefficient (Wildman–Crippen LogP) is 1.70. The van der Waals surface area contributed by atoms with Gasteiger partial charge in [0.1, 0.15) is 0 Å². The van der Waals surface area contributed by atoms with Crippen LogP contribution in [0.2, 0.25) is 0 Å². The summed E-state index contributed by atoms with van der Waals surface area (Å²) < 4.78 is 15.5. The second-order valence-corrected chi connectivity index (χ2v) is 3.99. The van der Waals surface area contributed by atoms with Crippen LogP contribution in [0.3, 0.4) is 0 Å². The van der Waals surface area contributed by atoms with Crippen molar-refractivity contribution >= 4 is 0 Å². The molecule has 2 N–H and O–H groups in total. The first-order valence-corrected chi connectivity index (χ1v) is 5.99. The predicted molar refractivity (Wildman–Crippen MR) is 69.3 cm³/mol. The fourth-order valence-corrected chi connectivity index (χ4v) is 1.73. The number of hydrogen-bond acceptors (Lipinski definition) is 6. The number of aryl methyl sites for hydroxylation is 1. The van der Waals surface area contributed by atoms with Gasteiger partial charge in [-0.1, -0.05) is 18.1 Å². The van der Waals surface area contributed by atoms with Gasteiger partial charge in [-0.3, -0.25) is 0 Å². The van der Waals surface area contributed by atoms with Crippen molar-refractivity contribution in [3.63, 3.8) is 0 Å². The summed E-state index contributed by atoms with van der Waals surface area (Å²) in [5.41, 5.74) is 6.95. The summed E-state index contributed by atoms with van der Waals surface area (Å²) in [5, 5.41) is 3.88. The highest BCUT2D eigenvalue weighted by Crippen LogP contribution is 2.30. The van der Waals surface area contributed by atoms with Crippen LogP contribution in [0.1, 0.15) is 30.2 Å². The summed E-state index contributed by atoms with van der Waals surface area (Å²) in [4.78, 5) is 4.23. The van der Waals surface area contributed by atoms with Gasteiger partial charge in [0.25, 0.3) is 0 Å². The maximum absolute atomic E-state index is 6.12. The average molecular weight is 263 g/mol. The quantitative estimate of drug-likeness (QED) is 0.883. The van der Waals surface area contributed by atoms with Gasteiger partial charge < -0.3 is 19.7 Å². The van der Waals surface area contributed by atoms with Gasteiger partial charge in [-0.25, -0.2) is 0 Å². The van der Waals surface area contributed by atoms with Crippen LogP contribution in [0.15, 0.2) is 22.7 Å². The number of hydrogen-bond donors (Lipinski definition) is 1. The fourth-order valence-electron chi connectivity index (χ4n) is 1.73. The molecule has 2 aromatic rings. The molecule has 1 heterocycles. The van der Waals surface area contributed by atoms with Crippen LogP contribution in [0.4, 0.5) is 0 Å². The molecule has 0 aliphatic carbocycles. The Balaban J connectivity index is 2.30. The number of methoxy groups -OCH3 is 2. The van der Waals surface area contributed by atoms with E-state index in [1.54, 1.807) is 20.3 Å². The highest BCUT2D eigenvalue weighted by atomic mass is 16.5. The van der Waals surface area contributed by atoms with Crippen LogP contribution in [-0.4, -0.2) is 24.4 Å². The van der Waals surface area contributed by atoms with Crippen molar-refractivity contribution in [2.45, 2.75) is 19.4 Å². The molecule has 0 amide bonds. The van der Waals surface area contributed by atoms with Gasteiger partial charge in [0.2, 0.25) is 5.89 Å². The highest BCUT2D eigenvalue weighted by molar-refractivity contribution is 5.44. The minimum Gasteiger partial charge on any atom is -0.493 e. The molecule has 102 valence electrons. The van der Waals surface area contributed by atoms with Gasteiger partial charge in [0, 0.05) is 6.42 Å². The van der Waals surface area contributed by atoms with Crippen molar-refractivity contribution in [1.29, 1.82) is 0 Å². The smallest absolute Gasteiger partial charge is 0.226 e. The van der Waals surface area contributed by atoms with Crippen LogP contribution in [-0.2, 0) is 6.42 Å². The number of benzene rings is 1. The minimum absolute atomic E-state index is 0.455. The minimum atomic E-state index is -0.455. The Morgan fingerprint density at radius 1 is 1.26 bits per heavy atom. The first-order chi connectivity index (χ1) is 9.19. The Labute approximate surface area is 111 Å². The molecule has 0 radical (unpaired) electrons. The zero-order valence-electron chi connectivity index (χ0n) is 11.2. The summed E-state index contributed by atoms with van der Waals surface area (Å²) in [7, 11) is 3.17. The standard InChI is InChI=1S/C13H17N3O3/c1-4-11-15-13(16-19-11)12(14)8-5-6-9(17-2)10(7-8)18-3/h5-7,12H,4,14H2,1-3H3. The van der Waals surface area contributed by atoms with Crippen LogP contribution >= 0.6 is 0 Å². The zero-order valence-corrected chi connectivity index (χ0v) is 11.2. The molecule has 0 saturated carbocycles. The molecule has 0 bridgehead atoms. The Hall–Kier alpha value is -2.08. The van der Waals surface area contributed by atoms with E-state index < -0.39 is 6.04 Å². The van der Waals surface area contributed by atoms with E-state index in [0.29, 0.717) is 29.6 Å². The molecule has 19 heavy (non-hydrogen) atoms. The lowest BCUT2D eigenvalue weighted by Crippen LogP contribution is -2.13. The SMILES string of the molecule is CCc1nc(C(N)c2ccc(OC)c(OC)c2)no1. The van der Waals surface area contributed by atoms with Crippen LogP contribution in [0, 0.1) is 0 Å². The van der Waals surface area contributed by atoms with Crippen molar-refractivity contribution in [1.82, 2.24) is 10.1 Å². The normalized spacial score (nSPS) is 12.2. The molecule has 1 aromatic carbocycles. The van der Waals surface area contributed by atoms with Gasteiger partial charge in [-0.05, 0) is 17.7 Å². The summed E-state index contributed by atoms with van der Waals surface area (Å²) in [5.74, 6) is 2.31. The first-order valence-electron chi connectivity index (χ1n) is 5.99. The fraction of sp³-hybridized carbons (Fsp3) is 0.385. The third-order valence-electron chi connectivity index (χ3n) is 2.83. The van der Waals surface area contributed by atoms with E-state index in [4.69, 9.17) is 19.7 Å². The molecule has 0 spiro atoms. The van der Waals surface area contributed by atoms with Crippen molar-refractivity contribution in [3.05, 3.63) is 35.5 Å². The van der Waals surface area contributed by atoms with Crippen molar-refractivity contribution in [2.75, 3.05) is 14.2 Å². The lowest BCUT2D eigenvalue weighted by Gasteiger charge is -2.12. The molecular weight excluding hydrogens is 246 g/mol. The van der Waals surface area contributed by atoms with Crippen LogP contribution < -0.4 is 15.2 Å². The molecule has 6 heteroatoms. The lowest BCUT2D eigenvalue weighted by atomic mass is 10.1. The summed E-state index contributed by atoms with van der Waals surface area (Å²) >= 11 is 0. The highest BCUT2D eigenvalue weighted by Gasteiger charge is 2.17. The Morgan fingerprint density at radius 2 is 2.00 bits per heavy atom. The third kappa shape index (κ3) is 2.68. The van der Waals surface area contributed by atoms with Crippen molar-refractivity contribution < 1.29 is 14.0 Å². The van der Waals surface area contributed by atoms with E-state index in [9.17, 15) is 0 Å². The van der Waals surface area contributed by atoms with Gasteiger partial charge in [0.15, 0.2) is 17.3 Å². The van der Waals surface area contributed by atoms with E-state index >= 15 is 0 Å². The maximum atomic E-state index is 6.12. The van der Waals surface area contributed by atoms with Gasteiger partial charge in [-0.15, -0.1) is 0 Å². The molecule has 1 unspecified atom stereocenters. The van der Waals surface area contributed by atoms with Crippen molar-refractivity contribution in [3.8, 4) is 11.5 Å². The maximum Gasteiger partial charge on any atom is 0.226 e. The Kier molecular flexibility index (Phi) is 4.01. The van der Waals surface area contributed by atoms with E-state index in [2.05, 4.69) is 10.1 Å². The summed E-state index contributed by atoms with van der Waals surface area (Å²) in [6.07, 6.45) is 0.686. The topological polar surface area (TPSA) is 83.4 Å². The molecule has 0 fully saturated rings.